The van der Waals surface area contributed by atoms with E-state index in [0.717, 1.165) is 12.8 Å². The van der Waals surface area contributed by atoms with Crippen molar-refractivity contribution in [2.45, 2.75) is 90.5 Å². The molecule has 2 atom stereocenters. The van der Waals surface area contributed by atoms with Crippen molar-refractivity contribution in [3.63, 3.8) is 0 Å². The Kier molecular flexibility index (Phi) is 10.2. The van der Waals surface area contributed by atoms with Crippen molar-refractivity contribution < 1.29 is 24.3 Å². The van der Waals surface area contributed by atoms with Gasteiger partial charge in [-0.2, -0.15) is 0 Å². The number of hydrogen-bond donors (Lipinski definition) is 2. The van der Waals surface area contributed by atoms with Gasteiger partial charge in [0.1, 0.15) is 6.20 Å². The minimum absolute atomic E-state index is 0.168. The molecular formula is C20H35N2O4+. The summed E-state index contributed by atoms with van der Waals surface area (Å²) < 4.78 is -0.168. The monoisotopic (exact) mass is 367 g/mol. The van der Waals surface area contributed by atoms with E-state index in [-0.39, 0.29) is 11.0 Å². The predicted octanol–water partition coefficient (Wildman–Crippen LogP) is 4.56. The molecule has 1 aliphatic rings. The lowest BCUT2D eigenvalue weighted by atomic mass is 10.0. The number of carboxylic acids is 2. The molecule has 0 spiro atoms. The normalized spacial score (nSPS) is 20.2. The van der Waals surface area contributed by atoms with Crippen molar-refractivity contribution in [2.24, 2.45) is 4.99 Å². The summed E-state index contributed by atoms with van der Waals surface area (Å²) >= 11 is 0. The van der Waals surface area contributed by atoms with Crippen LogP contribution in [0, 0.1) is 0 Å². The second kappa shape index (κ2) is 11.8. The summed E-state index contributed by atoms with van der Waals surface area (Å²) in [5.41, 5.74) is 0. The fraction of sp³-hybridized carbons (Fsp3) is 0.750. The fourth-order valence-electron chi connectivity index (χ4n) is 3.76. The average Bonchev–Trinajstić information content (AvgIpc) is 2.96. The highest BCUT2D eigenvalue weighted by Gasteiger charge is 2.47. The summed E-state index contributed by atoms with van der Waals surface area (Å²) in [5.74, 6) is -1.30. The van der Waals surface area contributed by atoms with Gasteiger partial charge in [0.05, 0.1) is 6.20 Å². The molecule has 6 nitrogen and oxygen atoms in total. The maximum atomic E-state index is 11.7. The van der Waals surface area contributed by atoms with E-state index in [4.69, 9.17) is 0 Å². The number of aliphatic carboxylic acids is 2. The number of quaternary nitrogens is 1. The number of amidine groups is 1. The lowest BCUT2D eigenvalue weighted by Crippen LogP contribution is -2.59. The van der Waals surface area contributed by atoms with Crippen molar-refractivity contribution in [3.8, 4) is 0 Å². The summed E-state index contributed by atoms with van der Waals surface area (Å²) in [6, 6.07) is -0.804. The van der Waals surface area contributed by atoms with Crippen LogP contribution < -0.4 is 0 Å². The molecule has 2 N–H and O–H groups in total. The first-order chi connectivity index (χ1) is 12.5. The van der Waals surface area contributed by atoms with E-state index >= 15 is 0 Å². The van der Waals surface area contributed by atoms with Crippen molar-refractivity contribution in [3.05, 3.63) is 12.4 Å². The quantitative estimate of drug-likeness (QED) is 0.328. The third-order valence-electron chi connectivity index (χ3n) is 5.17. The molecule has 0 aromatic carbocycles. The molecule has 26 heavy (non-hydrogen) atoms. The molecule has 0 radical (unpaired) electrons. The molecule has 0 aromatic rings. The Balaban J connectivity index is 2.51. The predicted molar refractivity (Wildman–Crippen MR) is 103 cm³/mol. The third kappa shape index (κ3) is 6.56. The largest absolute Gasteiger partial charge is 0.477 e. The Hall–Kier alpha value is -1.69. The van der Waals surface area contributed by atoms with Gasteiger partial charge in [-0.15, -0.1) is 0 Å². The van der Waals surface area contributed by atoms with E-state index in [9.17, 15) is 19.8 Å². The topological polar surface area (TPSA) is 87.0 Å². The van der Waals surface area contributed by atoms with Gasteiger partial charge in [-0.05, 0) is 6.42 Å². The van der Waals surface area contributed by atoms with E-state index in [2.05, 4.69) is 11.9 Å². The van der Waals surface area contributed by atoms with E-state index in [1.165, 1.54) is 44.9 Å². The zero-order valence-electron chi connectivity index (χ0n) is 16.3. The second-order valence-electron chi connectivity index (χ2n) is 7.17. The van der Waals surface area contributed by atoms with E-state index in [1.807, 2.05) is 0 Å². The molecule has 0 saturated heterocycles. The van der Waals surface area contributed by atoms with Crippen LogP contribution >= 0.6 is 0 Å². The minimum atomic E-state index is -1.00. The average molecular weight is 368 g/mol. The third-order valence-corrected chi connectivity index (χ3v) is 5.17. The molecular weight excluding hydrogens is 332 g/mol. The first kappa shape index (κ1) is 22.4. The van der Waals surface area contributed by atoms with E-state index < -0.39 is 18.0 Å². The van der Waals surface area contributed by atoms with Crippen LogP contribution in [0.15, 0.2) is 17.4 Å². The number of unbranched alkanes of at least 4 members (excludes halogenated alkanes) is 8. The summed E-state index contributed by atoms with van der Waals surface area (Å²) in [5, 5.41) is 18.9. The van der Waals surface area contributed by atoms with Gasteiger partial charge >= 0.3 is 11.9 Å². The van der Waals surface area contributed by atoms with Gasteiger partial charge in [0, 0.05) is 12.8 Å². The molecule has 0 saturated carbocycles. The highest BCUT2D eigenvalue weighted by atomic mass is 16.4. The van der Waals surface area contributed by atoms with Crippen molar-refractivity contribution >= 4 is 17.8 Å². The van der Waals surface area contributed by atoms with Crippen LogP contribution in [-0.2, 0) is 9.59 Å². The van der Waals surface area contributed by atoms with Gasteiger partial charge in [-0.1, -0.05) is 65.2 Å². The number of carbonyl (C=O) groups is 2. The van der Waals surface area contributed by atoms with Crippen LogP contribution in [0.1, 0.15) is 84.5 Å². The van der Waals surface area contributed by atoms with Crippen LogP contribution in [0.3, 0.4) is 0 Å². The van der Waals surface area contributed by atoms with Gasteiger partial charge in [-0.3, -0.25) is 0 Å². The van der Waals surface area contributed by atoms with Crippen molar-refractivity contribution in [1.82, 2.24) is 0 Å². The molecule has 1 aliphatic heterocycles. The van der Waals surface area contributed by atoms with E-state index in [1.54, 1.807) is 19.3 Å². The standard InChI is InChI=1S/C20H34N2O4/c1-3-5-6-7-8-9-10-11-12-13-18-21-14-15-22(18,16-19(23)24)17(4-2)20(25)26/h14-15,17H,3-13,16H2,1-2H3,(H-,23,24,25,26)/p+1. The minimum Gasteiger partial charge on any atom is -0.477 e. The van der Waals surface area contributed by atoms with Gasteiger partial charge < -0.3 is 10.2 Å². The number of carboxylic acid groups (broad SMARTS) is 2. The summed E-state index contributed by atoms with van der Waals surface area (Å²) in [6.07, 6.45) is 15.1. The number of aliphatic imine (C=N–C) groups is 1. The molecule has 1 heterocycles. The molecule has 0 amide bonds. The van der Waals surface area contributed by atoms with Crippen LogP contribution in [0.4, 0.5) is 0 Å². The maximum Gasteiger partial charge on any atom is 0.363 e. The fourth-order valence-corrected chi connectivity index (χ4v) is 3.76. The zero-order valence-corrected chi connectivity index (χ0v) is 16.3. The lowest BCUT2D eigenvalue weighted by Gasteiger charge is -2.35. The van der Waals surface area contributed by atoms with Crippen molar-refractivity contribution in [2.75, 3.05) is 6.54 Å². The highest BCUT2D eigenvalue weighted by Crippen LogP contribution is 2.27. The summed E-state index contributed by atoms with van der Waals surface area (Å²) in [4.78, 5) is 27.4. The number of rotatable bonds is 15. The van der Waals surface area contributed by atoms with Crippen LogP contribution in [0.5, 0.6) is 0 Å². The van der Waals surface area contributed by atoms with Crippen molar-refractivity contribution in [1.29, 1.82) is 0 Å². The van der Waals surface area contributed by atoms with Crippen LogP contribution in [0.25, 0.3) is 0 Å². The SMILES string of the molecule is CCCCCCCCCCCC1=NC=C[N+]1(CC(=O)O)C(CC)C(=O)O. The van der Waals surface area contributed by atoms with Gasteiger partial charge in [0.25, 0.3) is 0 Å². The Labute approximate surface area is 157 Å². The summed E-state index contributed by atoms with van der Waals surface area (Å²) in [7, 11) is 0. The lowest BCUT2D eigenvalue weighted by molar-refractivity contribution is -0.799. The Morgan fingerprint density at radius 3 is 2.08 bits per heavy atom. The smallest absolute Gasteiger partial charge is 0.363 e. The first-order valence-electron chi connectivity index (χ1n) is 10.0. The molecule has 0 aromatic heterocycles. The molecule has 0 aliphatic carbocycles. The Bertz CT molecular complexity index is 516. The molecule has 2 unspecified atom stereocenters. The summed E-state index contributed by atoms with van der Waals surface area (Å²) in [6.45, 7) is 3.73. The zero-order chi connectivity index (χ0) is 19.4. The first-order valence-corrected chi connectivity index (χ1v) is 10.0. The molecule has 0 bridgehead atoms. The van der Waals surface area contributed by atoms with E-state index in [0.29, 0.717) is 18.7 Å². The maximum absolute atomic E-state index is 11.7. The van der Waals surface area contributed by atoms with Crippen LogP contribution in [-0.4, -0.2) is 45.1 Å². The van der Waals surface area contributed by atoms with Gasteiger partial charge in [0.15, 0.2) is 12.6 Å². The number of nitrogens with zero attached hydrogens (tertiary/aromatic N) is 2. The molecule has 0 fully saturated rings. The molecule has 6 heteroatoms. The Morgan fingerprint density at radius 2 is 1.58 bits per heavy atom. The molecule has 1 rings (SSSR count). The van der Waals surface area contributed by atoms with Gasteiger partial charge in [0.2, 0.25) is 5.84 Å². The highest BCUT2D eigenvalue weighted by molar-refractivity contribution is 5.85. The van der Waals surface area contributed by atoms with Crippen LogP contribution in [0.2, 0.25) is 0 Å². The number of hydrogen-bond acceptors (Lipinski definition) is 3. The Morgan fingerprint density at radius 1 is 1.00 bits per heavy atom. The van der Waals surface area contributed by atoms with Gasteiger partial charge in [-0.25, -0.2) is 19.1 Å². The molecule has 148 valence electrons. The second-order valence-corrected chi connectivity index (χ2v) is 7.17.